The number of ether oxygens (including phenoxy) is 1. The molecule has 1 aliphatic carbocycles. The third-order valence-corrected chi connectivity index (χ3v) is 6.67. The average molecular weight is 455 g/mol. The van der Waals surface area contributed by atoms with Gasteiger partial charge in [0.15, 0.2) is 0 Å². The Labute approximate surface area is 193 Å². The molecular weight excluding hydrogens is 420 g/mol. The molecule has 1 fully saturated rings. The van der Waals surface area contributed by atoms with Crippen LogP contribution in [0.25, 0.3) is 6.58 Å². The number of aliphatic hydroxyl groups is 1. The Morgan fingerprint density at radius 3 is 2.85 bits per heavy atom. The lowest BCUT2D eigenvalue weighted by molar-refractivity contribution is -0.135. The van der Waals surface area contributed by atoms with Gasteiger partial charge < -0.3 is 19.3 Å². The predicted molar refractivity (Wildman–Crippen MR) is 126 cm³/mol. The molecule has 1 aromatic heterocycles. The predicted octanol–water partition coefficient (Wildman–Crippen LogP) is 1.99. The molecule has 2 N–H and O–H groups in total. The van der Waals surface area contributed by atoms with Crippen LogP contribution in [0.3, 0.4) is 0 Å². The number of H-pyrrole nitrogens is 1. The second-order valence-electron chi connectivity index (χ2n) is 8.95. The number of aromatic nitrogens is 2. The summed E-state index contributed by atoms with van der Waals surface area (Å²) in [6.45, 7) is 5.37. The molecule has 4 rings (SSSR count). The van der Waals surface area contributed by atoms with E-state index in [1.54, 1.807) is 4.57 Å². The summed E-state index contributed by atoms with van der Waals surface area (Å²) >= 11 is 0. The molecule has 1 aliphatic heterocycles. The van der Waals surface area contributed by atoms with Gasteiger partial charge in [-0.1, -0.05) is 38.0 Å². The molecule has 33 heavy (non-hydrogen) atoms. The number of imidazole rings is 1. The minimum absolute atomic E-state index is 0.0250. The molecule has 2 aromatic rings. The smallest absolute Gasteiger partial charge is 0.274 e. The van der Waals surface area contributed by atoms with Crippen LogP contribution >= 0.6 is 0 Å². The van der Waals surface area contributed by atoms with Gasteiger partial charge in [0.25, 0.3) is 5.56 Å². The van der Waals surface area contributed by atoms with Gasteiger partial charge in [0.1, 0.15) is 16.8 Å². The summed E-state index contributed by atoms with van der Waals surface area (Å²) < 4.78 is 7.78. The maximum absolute atomic E-state index is 12.7. The minimum atomic E-state index is -0.223. The van der Waals surface area contributed by atoms with Crippen molar-refractivity contribution in [3.05, 3.63) is 45.1 Å². The molecule has 8 heteroatoms. The maximum atomic E-state index is 12.7. The molecule has 0 saturated heterocycles. The number of aromatic amines is 1. The summed E-state index contributed by atoms with van der Waals surface area (Å²) in [5.41, 5.74) is 2.02. The van der Waals surface area contributed by atoms with Gasteiger partial charge >= 0.3 is 0 Å². The van der Waals surface area contributed by atoms with Crippen LogP contribution in [0.15, 0.2) is 28.0 Å². The number of nitrogens with zero attached hydrogens (tertiary/aromatic N) is 3. The van der Waals surface area contributed by atoms with Gasteiger partial charge in [-0.2, -0.15) is 0 Å². The lowest BCUT2D eigenvalue weighted by atomic mass is 9.94. The van der Waals surface area contributed by atoms with Crippen molar-refractivity contribution in [2.75, 3.05) is 19.8 Å². The zero-order chi connectivity index (χ0) is 23.2. The first kappa shape index (κ1) is 23.3. The van der Waals surface area contributed by atoms with Gasteiger partial charge in [-0.3, -0.25) is 14.6 Å². The fourth-order valence-electron chi connectivity index (χ4n) is 4.86. The SMILES string of the molecule is C=c1c(=O)[nH]c2n1Cc1cccc(OCCCCCC(=O)N(CCO)C3CCCCC3)c1N=2. The fourth-order valence-corrected chi connectivity index (χ4v) is 4.86. The fraction of sp³-hybridized carbons (Fsp3) is 0.560. The largest absolute Gasteiger partial charge is 0.491 e. The van der Waals surface area contributed by atoms with Crippen LogP contribution in [0.5, 0.6) is 5.75 Å². The van der Waals surface area contributed by atoms with E-state index in [-0.39, 0.29) is 18.1 Å². The molecule has 0 atom stereocenters. The summed E-state index contributed by atoms with van der Waals surface area (Å²) in [4.78, 5) is 33.8. The van der Waals surface area contributed by atoms with Gasteiger partial charge in [0, 0.05) is 24.6 Å². The van der Waals surface area contributed by atoms with Crippen LogP contribution in [0.2, 0.25) is 0 Å². The van der Waals surface area contributed by atoms with Crippen LogP contribution < -0.4 is 21.3 Å². The lowest BCUT2D eigenvalue weighted by Crippen LogP contribution is -2.43. The van der Waals surface area contributed by atoms with Crippen LogP contribution in [-0.2, 0) is 11.3 Å². The van der Waals surface area contributed by atoms with E-state index >= 15 is 0 Å². The normalized spacial score (nSPS) is 15.4. The number of rotatable bonds is 10. The van der Waals surface area contributed by atoms with E-state index in [1.165, 1.54) is 19.3 Å². The Morgan fingerprint density at radius 1 is 1.24 bits per heavy atom. The van der Waals surface area contributed by atoms with Crippen LogP contribution in [-0.4, -0.2) is 51.3 Å². The Hall–Kier alpha value is -2.87. The Kier molecular flexibility index (Phi) is 7.65. The van der Waals surface area contributed by atoms with Gasteiger partial charge in [0.05, 0.1) is 19.8 Å². The number of para-hydroxylation sites is 1. The zero-order valence-corrected chi connectivity index (χ0v) is 19.2. The number of unbranched alkanes of at least 4 members (excludes halogenated alkanes) is 2. The number of fused-ring (bicyclic) bond motifs is 2. The van der Waals surface area contributed by atoms with Crippen molar-refractivity contribution in [3.8, 4) is 5.75 Å². The molecule has 2 heterocycles. The zero-order valence-electron chi connectivity index (χ0n) is 19.2. The molecule has 1 saturated carbocycles. The van der Waals surface area contributed by atoms with Crippen molar-refractivity contribution < 1.29 is 14.6 Å². The van der Waals surface area contributed by atoms with Crippen molar-refractivity contribution in [2.45, 2.75) is 70.4 Å². The Balaban J connectivity index is 1.26. The number of carbonyl (C=O) groups is 1. The van der Waals surface area contributed by atoms with Crippen molar-refractivity contribution in [1.82, 2.24) is 14.5 Å². The molecule has 8 nitrogen and oxygen atoms in total. The standard InChI is InChI=1S/C25H34N4O4/c1-18-24(32)27-25-26-23-19(17-29(18)25)9-8-12-21(23)33-16-7-3-6-13-22(31)28(14-15-30)20-10-4-2-5-11-20/h8-9,12,20,30H,1-7,10-11,13-17H2,(H,26,27,32). The number of nitrogens with one attached hydrogen (secondary N) is 1. The Morgan fingerprint density at radius 2 is 2.06 bits per heavy atom. The first-order valence-electron chi connectivity index (χ1n) is 12.1. The molecule has 2 aliphatic rings. The van der Waals surface area contributed by atoms with E-state index in [1.807, 2.05) is 23.1 Å². The van der Waals surface area contributed by atoms with Crippen LogP contribution in [0.1, 0.15) is 63.4 Å². The second kappa shape index (κ2) is 10.8. The maximum Gasteiger partial charge on any atom is 0.274 e. The molecular formula is C25H34N4O4. The van der Waals surface area contributed by atoms with Gasteiger partial charge in [-0.15, -0.1) is 0 Å². The number of benzene rings is 1. The summed E-state index contributed by atoms with van der Waals surface area (Å²) in [5, 5.41) is 9.78. The summed E-state index contributed by atoms with van der Waals surface area (Å²) in [5.74, 6) is 0.864. The molecule has 1 amide bonds. The average Bonchev–Trinajstić information content (AvgIpc) is 3.11. The highest BCUT2D eigenvalue weighted by atomic mass is 16.5. The van der Waals surface area contributed by atoms with Gasteiger partial charge in [0.2, 0.25) is 11.5 Å². The topological polar surface area (TPSA) is 99.9 Å². The van der Waals surface area contributed by atoms with E-state index < -0.39 is 0 Å². The lowest BCUT2D eigenvalue weighted by Gasteiger charge is -2.34. The van der Waals surface area contributed by atoms with E-state index in [0.29, 0.717) is 48.9 Å². The van der Waals surface area contributed by atoms with Crippen molar-refractivity contribution in [1.29, 1.82) is 0 Å². The van der Waals surface area contributed by atoms with Crippen molar-refractivity contribution >= 4 is 18.2 Å². The summed E-state index contributed by atoms with van der Waals surface area (Å²) in [7, 11) is 0. The number of hydrogen-bond donors (Lipinski definition) is 2. The summed E-state index contributed by atoms with van der Waals surface area (Å²) in [6, 6.07) is 6.10. The number of amides is 1. The second-order valence-corrected chi connectivity index (χ2v) is 8.95. The highest BCUT2D eigenvalue weighted by molar-refractivity contribution is 5.76. The number of carbonyl (C=O) groups excluding carboxylic acids is 1. The van der Waals surface area contributed by atoms with E-state index in [2.05, 4.69) is 16.6 Å². The minimum Gasteiger partial charge on any atom is -0.491 e. The third kappa shape index (κ3) is 5.38. The molecule has 178 valence electrons. The number of hydrogen-bond acceptors (Lipinski definition) is 5. The van der Waals surface area contributed by atoms with Gasteiger partial charge in [-0.25, -0.2) is 4.99 Å². The highest BCUT2D eigenvalue weighted by Crippen LogP contribution is 2.33. The highest BCUT2D eigenvalue weighted by Gasteiger charge is 2.24. The van der Waals surface area contributed by atoms with E-state index in [9.17, 15) is 14.7 Å². The molecule has 0 bridgehead atoms. The summed E-state index contributed by atoms with van der Waals surface area (Å²) in [6.07, 6.45) is 8.78. The van der Waals surface area contributed by atoms with Crippen LogP contribution in [0, 0.1) is 0 Å². The molecule has 0 unspecified atom stereocenters. The third-order valence-electron chi connectivity index (χ3n) is 6.67. The number of aliphatic hydroxyl groups excluding tert-OH is 1. The monoisotopic (exact) mass is 454 g/mol. The van der Waals surface area contributed by atoms with E-state index in [4.69, 9.17) is 4.74 Å². The quantitative estimate of drug-likeness (QED) is 0.458. The first-order chi connectivity index (χ1) is 16.1. The van der Waals surface area contributed by atoms with E-state index in [0.717, 1.165) is 43.4 Å². The van der Waals surface area contributed by atoms with Crippen molar-refractivity contribution in [3.63, 3.8) is 0 Å². The van der Waals surface area contributed by atoms with Gasteiger partial charge in [-0.05, 0) is 38.2 Å². The molecule has 0 spiro atoms. The first-order valence-corrected chi connectivity index (χ1v) is 12.1. The van der Waals surface area contributed by atoms with Crippen LogP contribution in [0.4, 0.5) is 5.69 Å². The Bertz CT molecular complexity index is 1130. The van der Waals surface area contributed by atoms with Crippen molar-refractivity contribution in [2.24, 2.45) is 4.99 Å². The molecule has 0 radical (unpaired) electrons. The molecule has 1 aromatic carbocycles.